The van der Waals surface area contributed by atoms with Gasteiger partial charge in [-0.15, -0.1) is 0 Å². The van der Waals surface area contributed by atoms with Crippen LogP contribution in [0.5, 0.6) is 0 Å². The van der Waals surface area contributed by atoms with E-state index in [1.165, 1.54) is 0 Å². The minimum atomic E-state index is -0.0303. The number of carbonyl (C=O) groups is 1. The van der Waals surface area contributed by atoms with E-state index in [4.69, 9.17) is 0 Å². The lowest BCUT2D eigenvalue weighted by Gasteiger charge is -2.32. The Hall–Kier alpha value is -1.68. The number of benzene rings is 1. The van der Waals surface area contributed by atoms with Crippen LogP contribution in [-0.4, -0.2) is 42.8 Å². The zero-order valence-electron chi connectivity index (χ0n) is 9.65. The van der Waals surface area contributed by atoms with Crippen molar-refractivity contribution in [3.8, 4) is 0 Å². The summed E-state index contributed by atoms with van der Waals surface area (Å²) in [5, 5.41) is 3.31. The second kappa shape index (κ2) is 4.30. The van der Waals surface area contributed by atoms with Crippen molar-refractivity contribution >= 4 is 11.7 Å². The molecule has 88 valence electrons. The Morgan fingerprint density at radius 2 is 1.94 bits per heavy atom. The molecule has 2 aliphatic rings. The molecule has 0 bridgehead atoms. The smallest absolute Gasteiger partial charge is 0.252 e. The van der Waals surface area contributed by atoms with Gasteiger partial charge in [-0.25, -0.2) is 0 Å². The maximum atomic E-state index is 11.6. The van der Waals surface area contributed by atoms with Crippen LogP contribution in [0.2, 0.25) is 0 Å². The van der Waals surface area contributed by atoms with E-state index in [9.17, 15) is 4.79 Å². The maximum absolute atomic E-state index is 11.6. The Labute approximate surface area is 100 Å². The fourth-order valence-corrected chi connectivity index (χ4v) is 2.39. The summed E-state index contributed by atoms with van der Waals surface area (Å²) in [5.41, 5.74) is 2.22. The molecule has 1 aromatic rings. The van der Waals surface area contributed by atoms with Crippen LogP contribution in [0.1, 0.15) is 11.1 Å². The Balaban J connectivity index is 1.99. The van der Waals surface area contributed by atoms with Gasteiger partial charge in [0.05, 0.1) is 6.42 Å². The number of aliphatic imine (C=N–C) groups is 1. The average molecular weight is 229 g/mol. The summed E-state index contributed by atoms with van der Waals surface area (Å²) in [6.07, 6.45) is 0.436. The van der Waals surface area contributed by atoms with Crippen molar-refractivity contribution in [1.82, 2.24) is 10.2 Å². The molecule has 1 fully saturated rings. The van der Waals surface area contributed by atoms with E-state index in [2.05, 4.69) is 21.3 Å². The number of fused-ring (bicyclic) bond motifs is 1. The molecule has 0 radical (unpaired) electrons. The van der Waals surface area contributed by atoms with E-state index >= 15 is 0 Å². The van der Waals surface area contributed by atoms with Gasteiger partial charge in [0.2, 0.25) is 0 Å². The maximum Gasteiger partial charge on any atom is 0.252 e. The summed E-state index contributed by atoms with van der Waals surface area (Å²) in [5.74, 6) is 0.829. The summed E-state index contributed by atoms with van der Waals surface area (Å²) in [7, 11) is 0. The number of hydrogen-bond donors (Lipinski definition) is 1. The molecule has 4 nitrogen and oxygen atoms in total. The Morgan fingerprint density at radius 1 is 1.18 bits per heavy atom. The van der Waals surface area contributed by atoms with E-state index < -0.39 is 0 Å². The van der Waals surface area contributed by atoms with Crippen molar-refractivity contribution in [2.45, 2.75) is 6.42 Å². The first kappa shape index (κ1) is 10.5. The van der Waals surface area contributed by atoms with Crippen LogP contribution in [0.25, 0.3) is 0 Å². The van der Waals surface area contributed by atoms with Gasteiger partial charge in [-0.1, -0.05) is 24.3 Å². The standard InChI is InChI=1S/C13H15N3O/c17-12-9-10-3-1-2-4-11(10)13(15-12)16-7-5-14-6-8-16/h1-4,14H,5-9H2. The summed E-state index contributed by atoms with van der Waals surface area (Å²) >= 11 is 0. The fourth-order valence-electron chi connectivity index (χ4n) is 2.39. The van der Waals surface area contributed by atoms with E-state index in [1.807, 2.05) is 18.2 Å². The van der Waals surface area contributed by atoms with Gasteiger partial charge in [-0.3, -0.25) is 4.79 Å². The Morgan fingerprint density at radius 3 is 2.76 bits per heavy atom. The lowest BCUT2D eigenvalue weighted by Crippen LogP contribution is -2.47. The first-order valence-electron chi connectivity index (χ1n) is 6.00. The highest BCUT2D eigenvalue weighted by molar-refractivity contribution is 6.09. The molecule has 1 aromatic carbocycles. The van der Waals surface area contributed by atoms with Gasteiger partial charge in [-0.05, 0) is 5.56 Å². The molecule has 2 aliphatic heterocycles. The van der Waals surface area contributed by atoms with Gasteiger partial charge in [0.1, 0.15) is 5.84 Å². The predicted octanol–water partition coefficient (Wildman–Crippen LogP) is 0.421. The van der Waals surface area contributed by atoms with Crippen molar-refractivity contribution in [3.63, 3.8) is 0 Å². The molecule has 2 heterocycles. The first-order valence-corrected chi connectivity index (χ1v) is 6.00. The van der Waals surface area contributed by atoms with Crippen LogP contribution < -0.4 is 5.32 Å². The molecule has 1 amide bonds. The summed E-state index contributed by atoms with van der Waals surface area (Å²) in [6.45, 7) is 3.74. The quantitative estimate of drug-likeness (QED) is 0.701. The molecule has 0 aromatic heterocycles. The molecule has 0 spiro atoms. The van der Waals surface area contributed by atoms with Crippen LogP contribution in [0.3, 0.4) is 0 Å². The molecular weight excluding hydrogens is 214 g/mol. The molecule has 1 saturated heterocycles. The van der Waals surface area contributed by atoms with Crippen LogP contribution in [0, 0.1) is 0 Å². The molecule has 1 N–H and O–H groups in total. The van der Waals surface area contributed by atoms with Gasteiger partial charge in [0, 0.05) is 31.7 Å². The molecule has 0 saturated carbocycles. The number of carbonyl (C=O) groups excluding carboxylic acids is 1. The molecule has 3 rings (SSSR count). The third kappa shape index (κ3) is 1.96. The second-order valence-electron chi connectivity index (χ2n) is 4.40. The van der Waals surface area contributed by atoms with Gasteiger partial charge >= 0.3 is 0 Å². The third-order valence-electron chi connectivity index (χ3n) is 3.25. The number of piperazine rings is 1. The van der Waals surface area contributed by atoms with E-state index in [-0.39, 0.29) is 5.91 Å². The number of hydrogen-bond acceptors (Lipinski definition) is 3. The van der Waals surface area contributed by atoms with Crippen molar-refractivity contribution in [3.05, 3.63) is 35.4 Å². The van der Waals surface area contributed by atoms with Crippen LogP contribution in [-0.2, 0) is 11.2 Å². The van der Waals surface area contributed by atoms with Gasteiger partial charge in [-0.2, -0.15) is 4.99 Å². The molecule has 0 unspecified atom stereocenters. The lowest BCUT2D eigenvalue weighted by molar-refractivity contribution is -0.117. The van der Waals surface area contributed by atoms with E-state index in [0.717, 1.165) is 43.1 Å². The van der Waals surface area contributed by atoms with Gasteiger partial charge in [0.15, 0.2) is 0 Å². The normalized spacial score (nSPS) is 19.9. The Kier molecular flexibility index (Phi) is 2.65. The Bertz CT molecular complexity index is 475. The second-order valence-corrected chi connectivity index (χ2v) is 4.40. The van der Waals surface area contributed by atoms with Crippen LogP contribution >= 0.6 is 0 Å². The van der Waals surface area contributed by atoms with E-state index in [0.29, 0.717) is 6.42 Å². The number of amidine groups is 1. The molecule has 0 atom stereocenters. The van der Waals surface area contributed by atoms with Crippen molar-refractivity contribution in [1.29, 1.82) is 0 Å². The monoisotopic (exact) mass is 229 g/mol. The largest absolute Gasteiger partial charge is 0.353 e. The third-order valence-corrected chi connectivity index (χ3v) is 3.25. The van der Waals surface area contributed by atoms with Crippen LogP contribution in [0.15, 0.2) is 29.3 Å². The predicted molar refractivity (Wildman–Crippen MR) is 66.1 cm³/mol. The van der Waals surface area contributed by atoms with Crippen LogP contribution in [0.4, 0.5) is 0 Å². The van der Waals surface area contributed by atoms with E-state index in [1.54, 1.807) is 0 Å². The molecule has 4 heteroatoms. The fraction of sp³-hybridized carbons (Fsp3) is 0.385. The van der Waals surface area contributed by atoms with Crippen molar-refractivity contribution < 1.29 is 4.79 Å². The summed E-state index contributed by atoms with van der Waals surface area (Å²) < 4.78 is 0. The van der Waals surface area contributed by atoms with Crippen molar-refractivity contribution in [2.24, 2.45) is 4.99 Å². The van der Waals surface area contributed by atoms with Crippen molar-refractivity contribution in [2.75, 3.05) is 26.2 Å². The minimum absolute atomic E-state index is 0.0303. The lowest BCUT2D eigenvalue weighted by atomic mass is 10.00. The number of nitrogens with one attached hydrogen (secondary N) is 1. The number of amides is 1. The first-order chi connectivity index (χ1) is 8.34. The molecule has 17 heavy (non-hydrogen) atoms. The highest BCUT2D eigenvalue weighted by Gasteiger charge is 2.23. The zero-order chi connectivity index (χ0) is 11.7. The molecular formula is C13H15N3O. The van der Waals surface area contributed by atoms with Gasteiger partial charge < -0.3 is 10.2 Å². The number of nitrogens with zero attached hydrogens (tertiary/aromatic N) is 2. The SMILES string of the molecule is O=C1Cc2ccccc2C(N2CCNCC2)=N1. The highest BCUT2D eigenvalue weighted by Crippen LogP contribution is 2.18. The topological polar surface area (TPSA) is 44.7 Å². The average Bonchev–Trinajstić information content (AvgIpc) is 2.39. The highest BCUT2D eigenvalue weighted by atomic mass is 16.1. The molecule has 0 aliphatic carbocycles. The number of rotatable bonds is 0. The summed E-state index contributed by atoms with van der Waals surface area (Å²) in [4.78, 5) is 18.1. The summed E-state index contributed by atoms with van der Waals surface area (Å²) in [6, 6.07) is 8.06. The minimum Gasteiger partial charge on any atom is -0.353 e. The zero-order valence-corrected chi connectivity index (χ0v) is 9.65. The van der Waals surface area contributed by atoms with Gasteiger partial charge in [0.25, 0.3) is 5.91 Å².